The zero-order valence-electron chi connectivity index (χ0n) is 14.9. The van der Waals surface area contributed by atoms with Crippen molar-refractivity contribution in [2.24, 2.45) is 0 Å². The highest BCUT2D eigenvalue weighted by atomic mass is 32.2. The van der Waals surface area contributed by atoms with Crippen molar-refractivity contribution in [3.63, 3.8) is 0 Å². The molecule has 142 valence electrons. The van der Waals surface area contributed by atoms with Gasteiger partial charge in [0.05, 0.1) is 24.3 Å². The Bertz CT molecular complexity index is 634. The zero-order valence-corrected chi connectivity index (χ0v) is 15.7. The van der Waals surface area contributed by atoms with Crippen molar-refractivity contribution in [1.29, 1.82) is 0 Å². The topological polar surface area (TPSA) is 88.1 Å². The third-order valence-electron chi connectivity index (χ3n) is 3.73. The first-order valence-electron chi connectivity index (χ1n) is 8.25. The molecular weight excluding hydrogens is 360 g/mol. The van der Waals surface area contributed by atoms with Crippen LogP contribution in [0, 0.1) is 0 Å². The van der Waals surface area contributed by atoms with Gasteiger partial charge in [-0.15, -0.1) is 11.8 Å². The summed E-state index contributed by atoms with van der Waals surface area (Å²) in [7, 11) is 1.29. The van der Waals surface area contributed by atoms with E-state index in [1.54, 1.807) is 24.3 Å². The largest absolute Gasteiger partial charge is 0.469 e. The second kappa shape index (κ2) is 9.59. The van der Waals surface area contributed by atoms with Gasteiger partial charge < -0.3 is 18.9 Å². The van der Waals surface area contributed by atoms with Crippen LogP contribution >= 0.6 is 11.8 Å². The molecule has 1 heterocycles. The highest BCUT2D eigenvalue weighted by Gasteiger charge is 2.43. The van der Waals surface area contributed by atoms with Crippen molar-refractivity contribution < 1.29 is 33.3 Å². The Kier molecular flexibility index (Phi) is 7.47. The number of rotatable bonds is 7. The summed E-state index contributed by atoms with van der Waals surface area (Å²) in [5.41, 5.74) is -0.108. The monoisotopic (exact) mass is 382 g/mol. The summed E-state index contributed by atoms with van der Waals surface area (Å²) in [5, 5.41) is -0.430. The Morgan fingerprint density at radius 1 is 1.23 bits per heavy atom. The van der Waals surface area contributed by atoms with Crippen LogP contribution in [-0.4, -0.2) is 48.1 Å². The third-order valence-corrected chi connectivity index (χ3v) is 5.15. The van der Waals surface area contributed by atoms with Crippen LogP contribution in [0.3, 0.4) is 0 Å². The molecular formula is C18H22O7S. The van der Waals surface area contributed by atoms with Crippen molar-refractivity contribution in [1.82, 2.24) is 0 Å². The van der Waals surface area contributed by atoms with Gasteiger partial charge in [-0.3, -0.25) is 9.59 Å². The molecule has 0 saturated carbocycles. The first-order chi connectivity index (χ1) is 12.4. The van der Waals surface area contributed by atoms with Crippen LogP contribution in [0.4, 0.5) is 0 Å². The van der Waals surface area contributed by atoms with Gasteiger partial charge in [-0.1, -0.05) is 25.1 Å². The van der Waals surface area contributed by atoms with Crippen LogP contribution in [0.15, 0.2) is 30.3 Å². The fourth-order valence-corrected chi connectivity index (χ4v) is 3.86. The summed E-state index contributed by atoms with van der Waals surface area (Å²) < 4.78 is 21.1. The summed E-state index contributed by atoms with van der Waals surface area (Å²) in [6.45, 7) is 3.13. The summed E-state index contributed by atoms with van der Waals surface area (Å²) in [4.78, 5) is 35.2. The number of carbonyl (C=O) groups excluding carboxylic acids is 3. The van der Waals surface area contributed by atoms with Crippen molar-refractivity contribution in [3.05, 3.63) is 35.9 Å². The molecule has 1 aliphatic heterocycles. The quantitative estimate of drug-likeness (QED) is 0.525. The van der Waals surface area contributed by atoms with E-state index < -0.39 is 41.0 Å². The minimum absolute atomic E-state index is 0.0265. The summed E-state index contributed by atoms with van der Waals surface area (Å²) in [6, 6.07) is 8.65. The van der Waals surface area contributed by atoms with Gasteiger partial charge in [-0.05, 0) is 18.6 Å². The maximum absolute atomic E-state index is 12.3. The van der Waals surface area contributed by atoms with Crippen LogP contribution in [0.5, 0.6) is 0 Å². The molecule has 0 bridgehead atoms. The lowest BCUT2D eigenvalue weighted by atomic mass is 10.2. The average molecular weight is 382 g/mol. The molecule has 0 N–H and O–H groups in total. The molecule has 1 fully saturated rings. The van der Waals surface area contributed by atoms with Crippen molar-refractivity contribution >= 4 is 29.7 Å². The fourth-order valence-electron chi connectivity index (χ4n) is 2.43. The Morgan fingerprint density at radius 3 is 2.50 bits per heavy atom. The standard InChI is InChI=1S/C18H22O7S/c1-4-13(24-16(21)12-8-6-5-7-9-12)18-25-17(23-11(2)19)14(26-18)10-15(20)22-3/h5-9,13-14,17-18H,4,10H2,1-3H3/t13?,14-,17?,18?/m0/s1. The van der Waals surface area contributed by atoms with E-state index in [2.05, 4.69) is 4.74 Å². The molecule has 0 amide bonds. The minimum atomic E-state index is -0.897. The fraction of sp³-hybridized carbons (Fsp3) is 0.500. The van der Waals surface area contributed by atoms with E-state index in [4.69, 9.17) is 14.2 Å². The predicted molar refractivity (Wildman–Crippen MR) is 94.4 cm³/mol. The zero-order chi connectivity index (χ0) is 19.1. The summed E-state index contributed by atoms with van der Waals surface area (Å²) in [5.74, 6) is -1.40. The van der Waals surface area contributed by atoms with Gasteiger partial charge in [-0.2, -0.15) is 0 Å². The molecule has 1 aromatic carbocycles. The number of methoxy groups -OCH3 is 1. The van der Waals surface area contributed by atoms with Crippen molar-refractivity contribution in [3.8, 4) is 0 Å². The second-order valence-electron chi connectivity index (χ2n) is 5.66. The van der Waals surface area contributed by atoms with Gasteiger partial charge in [0.15, 0.2) is 0 Å². The lowest BCUT2D eigenvalue weighted by Crippen LogP contribution is -2.31. The second-order valence-corrected chi connectivity index (χ2v) is 7.00. The molecule has 7 nitrogen and oxygen atoms in total. The lowest BCUT2D eigenvalue weighted by molar-refractivity contribution is -0.182. The van der Waals surface area contributed by atoms with E-state index in [1.165, 1.54) is 25.8 Å². The Hall–Kier alpha value is -2.06. The predicted octanol–water partition coefficient (Wildman–Crippen LogP) is 2.53. The normalized spacial score (nSPS) is 23.1. The Morgan fingerprint density at radius 2 is 1.92 bits per heavy atom. The molecule has 4 atom stereocenters. The maximum Gasteiger partial charge on any atom is 0.338 e. The Balaban J connectivity index is 2.05. The van der Waals surface area contributed by atoms with Crippen molar-refractivity contribution in [2.45, 2.75) is 49.8 Å². The average Bonchev–Trinajstić information content (AvgIpc) is 3.01. The number of hydrogen-bond acceptors (Lipinski definition) is 8. The van der Waals surface area contributed by atoms with E-state index in [0.717, 1.165) is 0 Å². The van der Waals surface area contributed by atoms with Gasteiger partial charge in [-0.25, -0.2) is 4.79 Å². The van der Waals surface area contributed by atoms with Gasteiger partial charge in [0.25, 0.3) is 0 Å². The van der Waals surface area contributed by atoms with E-state index in [0.29, 0.717) is 12.0 Å². The van der Waals surface area contributed by atoms with E-state index in [-0.39, 0.29) is 6.42 Å². The van der Waals surface area contributed by atoms with Gasteiger partial charge in [0, 0.05) is 6.92 Å². The van der Waals surface area contributed by atoms with Gasteiger partial charge in [0.2, 0.25) is 6.29 Å². The minimum Gasteiger partial charge on any atom is -0.469 e. The highest BCUT2D eigenvalue weighted by molar-refractivity contribution is 8.00. The first-order valence-corrected chi connectivity index (χ1v) is 9.19. The molecule has 0 aromatic heterocycles. The molecule has 0 radical (unpaired) electrons. The lowest BCUT2D eigenvalue weighted by Gasteiger charge is -2.21. The van der Waals surface area contributed by atoms with Crippen LogP contribution in [-0.2, 0) is 28.5 Å². The van der Waals surface area contributed by atoms with Gasteiger partial charge >= 0.3 is 17.9 Å². The number of carbonyl (C=O) groups is 3. The van der Waals surface area contributed by atoms with Crippen LogP contribution < -0.4 is 0 Å². The number of ether oxygens (including phenoxy) is 4. The van der Waals surface area contributed by atoms with Crippen LogP contribution in [0.1, 0.15) is 37.0 Å². The SMILES string of the molecule is CCC(OC(=O)c1ccccc1)C1OC(OC(C)=O)[C@H](CC(=O)OC)S1. The van der Waals surface area contributed by atoms with E-state index in [9.17, 15) is 14.4 Å². The van der Waals surface area contributed by atoms with E-state index in [1.807, 2.05) is 13.0 Å². The summed E-state index contributed by atoms with van der Waals surface area (Å²) in [6.07, 6.45) is -0.911. The molecule has 8 heteroatoms. The molecule has 1 aromatic rings. The molecule has 0 spiro atoms. The number of benzene rings is 1. The molecule has 1 aliphatic rings. The van der Waals surface area contributed by atoms with Gasteiger partial charge in [0.1, 0.15) is 11.5 Å². The smallest absolute Gasteiger partial charge is 0.338 e. The van der Waals surface area contributed by atoms with Crippen LogP contribution in [0.25, 0.3) is 0 Å². The molecule has 26 heavy (non-hydrogen) atoms. The van der Waals surface area contributed by atoms with Crippen molar-refractivity contribution in [2.75, 3.05) is 7.11 Å². The molecule has 1 saturated heterocycles. The number of esters is 3. The summed E-state index contributed by atoms with van der Waals surface area (Å²) >= 11 is 1.30. The molecule has 0 aliphatic carbocycles. The van der Waals surface area contributed by atoms with Crippen LogP contribution in [0.2, 0.25) is 0 Å². The Labute approximate surface area is 156 Å². The number of thioether (sulfide) groups is 1. The van der Waals surface area contributed by atoms with E-state index >= 15 is 0 Å². The third kappa shape index (κ3) is 5.47. The highest BCUT2D eigenvalue weighted by Crippen LogP contribution is 2.39. The first kappa shape index (κ1) is 20.3. The molecule has 2 rings (SSSR count). The maximum atomic E-state index is 12.3. The number of hydrogen-bond donors (Lipinski definition) is 0. The molecule has 3 unspecified atom stereocenters.